The first-order valence-electron chi connectivity index (χ1n) is 5.34. The van der Waals surface area contributed by atoms with E-state index in [0.717, 1.165) is 12.8 Å². The lowest BCUT2D eigenvalue weighted by atomic mass is 10.1. The van der Waals surface area contributed by atoms with Crippen LogP contribution in [0.1, 0.15) is 12.0 Å². The van der Waals surface area contributed by atoms with Crippen LogP contribution in [0, 0.1) is 6.20 Å². The van der Waals surface area contributed by atoms with Gasteiger partial charge in [0.25, 0.3) is 5.56 Å². The zero-order valence-electron chi connectivity index (χ0n) is 8.97. The summed E-state index contributed by atoms with van der Waals surface area (Å²) in [5.41, 5.74) is 1.22. The Morgan fingerprint density at radius 2 is 2.00 bits per heavy atom. The molecule has 0 aliphatic rings. The largest absolute Gasteiger partial charge is 0.268 e. The quantitative estimate of drug-likeness (QED) is 0.774. The average Bonchev–Trinajstić information content (AvgIpc) is 2.33. The van der Waals surface area contributed by atoms with Gasteiger partial charge in [0.05, 0.1) is 0 Å². The van der Waals surface area contributed by atoms with Crippen LogP contribution < -0.4 is 5.56 Å². The number of aryl methyl sites for hydroxylation is 2. The summed E-state index contributed by atoms with van der Waals surface area (Å²) in [5, 5.41) is 3.89. The van der Waals surface area contributed by atoms with Crippen molar-refractivity contribution in [1.82, 2.24) is 9.78 Å². The molecular weight excluding hydrogens is 200 g/mol. The number of benzene rings is 1. The van der Waals surface area contributed by atoms with E-state index >= 15 is 0 Å². The Kier molecular flexibility index (Phi) is 3.49. The van der Waals surface area contributed by atoms with Crippen molar-refractivity contribution in [2.75, 3.05) is 0 Å². The van der Waals surface area contributed by atoms with Crippen LogP contribution in [-0.4, -0.2) is 9.78 Å². The molecule has 1 aromatic heterocycles. The molecule has 0 fully saturated rings. The van der Waals surface area contributed by atoms with Gasteiger partial charge >= 0.3 is 0 Å². The van der Waals surface area contributed by atoms with Gasteiger partial charge in [0.1, 0.15) is 6.20 Å². The Bertz CT molecular complexity index is 491. The summed E-state index contributed by atoms with van der Waals surface area (Å²) in [7, 11) is 0. The molecule has 1 aromatic carbocycles. The predicted octanol–water partition coefficient (Wildman–Crippen LogP) is 1.68. The second-order valence-corrected chi connectivity index (χ2v) is 3.61. The fourth-order valence-electron chi connectivity index (χ4n) is 1.58. The van der Waals surface area contributed by atoms with Gasteiger partial charge in [0.2, 0.25) is 0 Å². The molecule has 3 heteroatoms. The van der Waals surface area contributed by atoms with Gasteiger partial charge in [-0.05, 0) is 24.5 Å². The summed E-state index contributed by atoms with van der Waals surface area (Å²) in [6, 6.07) is 13.2. The van der Waals surface area contributed by atoms with Gasteiger partial charge in [-0.3, -0.25) is 4.79 Å². The van der Waals surface area contributed by atoms with E-state index in [9.17, 15) is 4.79 Å². The van der Waals surface area contributed by atoms with Gasteiger partial charge in [-0.25, -0.2) is 4.68 Å². The SMILES string of the molecule is O=c1cc[c]nn1CCCc1ccccc1. The number of hydrogen-bond acceptors (Lipinski definition) is 2. The molecule has 0 unspecified atom stereocenters. The van der Waals surface area contributed by atoms with Crippen LogP contribution in [-0.2, 0) is 13.0 Å². The molecule has 2 aromatic rings. The minimum absolute atomic E-state index is 0.0631. The molecule has 3 nitrogen and oxygen atoms in total. The van der Waals surface area contributed by atoms with Crippen molar-refractivity contribution in [2.24, 2.45) is 0 Å². The Hall–Kier alpha value is -1.90. The molecule has 16 heavy (non-hydrogen) atoms. The standard InChI is InChI=1S/C13H13N2O/c16-13-9-4-10-14-15(13)11-5-8-12-6-2-1-3-7-12/h1-4,6-7,9H,5,8,11H2. The molecule has 81 valence electrons. The third-order valence-corrected chi connectivity index (χ3v) is 2.41. The van der Waals surface area contributed by atoms with Crippen LogP contribution in [0.5, 0.6) is 0 Å². The highest BCUT2D eigenvalue weighted by Gasteiger charge is 1.96. The van der Waals surface area contributed by atoms with E-state index in [1.165, 1.54) is 22.4 Å². The predicted molar refractivity (Wildman–Crippen MR) is 62.1 cm³/mol. The minimum Gasteiger partial charge on any atom is -0.268 e. The lowest BCUT2D eigenvalue weighted by Gasteiger charge is -2.03. The van der Waals surface area contributed by atoms with Crippen molar-refractivity contribution in [2.45, 2.75) is 19.4 Å². The molecule has 0 amide bonds. The van der Waals surface area contributed by atoms with Crippen LogP contribution in [0.25, 0.3) is 0 Å². The zero-order valence-corrected chi connectivity index (χ0v) is 8.97. The minimum atomic E-state index is -0.0631. The van der Waals surface area contributed by atoms with E-state index < -0.39 is 0 Å². The number of hydrogen-bond donors (Lipinski definition) is 0. The highest BCUT2D eigenvalue weighted by molar-refractivity contribution is 5.14. The maximum absolute atomic E-state index is 11.3. The normalized spacial score (nSPS) is 10.2. The summed E-state index contributed by atoms with van der Waals surface area (Å²) >= 11 is 0. The van der Waals surface area contributed by atoms with E-state index in [4.69, 9.17) is 0 Å². The highest BCUT2D eigenvalue weighted by atomic mass is 16.1. The van der Waals surface area contributed by atoms with Crippen LogP contribution in [0.15, 0.2) is 47.3 Å². The van der Waals surface area contributed by atoms with Gasteiger partial charge in [-0.2, -0.15) is 5.10 Å². The lowest BCUT2D eigenvalue weighted by molar-refractivity contribution is 0.547. The molecule has 0 bridgehead atoms. The van der Waals surface area contributed by atoms with Gasteiger partial charge in [0.15, 0.2) is 0 Å². The van der Waals surface area contributed by atoms with Gasteiger partial charge in [-0.15, -0.1) is 0 Å². The number of rotatable bonds is 4. The second-order valence-electron chi connectivity index (χ2n) is 3.61. The van der Waals surface area contributed by atoms with Crippen LogP contribution >= 0.6 is 0 Å². The third-order valence-electron chi connectivity index (χ3n) is 2.41. The van der Waals surface area contributed by atoms with Crippen molar-refractivity contribution >= 4 is 0 Å². The number of aromatic nitrogens is 2. The average molecular weight is 213 g/mol. The molecule has 0 aliphatic carbocycles. The first-order valence-corrected chi connectivity index (χ1v) is 5.34. The molecule has 0 aliphatic heterocycles. The van der Waals surface area contributed by atoms with E-state index in [2.05, 4.69) is 23.4 Å². The Morgan fingerprint density at radius 3 is 2.75 bits per heavy atom. The zero-order chi connectivity index (χ0) is 11.2. The van der Waals surface area contributed by atoms with E-state index in [1.807, 2.05) is 18.2 Å². The van der Waals surface area contributed by atoms with Crippen molar-refractivity contribution in [3.8, 4) is 0 Å². The van der Waals surface area contributed by atoms with E-state index in [-0.39, 0.29) is 5.56 Å². The molecule has 1 radical (unpaired) electrons. The molecule has 0 N–H and O–H groups in total. The highest BCUT2D eigenvalue weighted by Crippen LogP contribution is 2.02. The molecule has 0 atom stereocenters. The molecule has 1 heterocycles. The van der Waals surface area contributed by atoms with Gasteiger partial charge in [-0.1, -0.05) is 30.3 Å². The van der Waals surface area contributed by atoms with Crippen LogP contribution in [0.2, 0.25) is 0 Å². The summed E-state index contributed by atoms with van der Waals surface area (Å²) in [5.74, 6) is 0. The molecule has 2 rings (SSSR count). The van der Waals surface area contributed by atoms with Crippen LogP contribution in [0.3, 0.4) is 0 Å². The van der Waals surface area contributed by atoms with Crippen molar-refractivity contribution < 1.29 is 0 Å². The van der Waals surface area contributed by atoms with Crippen molar-refractivity contribution in [1.29, 1.82) is 0 Å². The molecule has 0 saturated heterocycles. The summed E-state index contributed by atoms with van der Waals surface area (Å²) in [4.78, 5) is 11.3. The smallest absolute Gasteiger partial charge is 0.266 e. The third kappa shape index (κ3) is 2.79. The van der Waals surface area contributed by atoms with Gasteiger partial charge in [0, 0.05) is 12.6 Å². The maximum atomic E-state index is 11.3. The van der Waals surface area contributed by atoms with Crippen LogP contribution in [0.4, 0.5) is 0 Å². The fourth-order valence-corrected chi connectivity index (χ4v) is 1.58. The van der Waals surface area contributed by atoms with Crippen molar-refractivity contribution in [3.05, 3.63) is 64.6 Å². The molecular formula is C13H13N2O. The summed E-state index contributed by atoms with van der Waals surface area (Å²) < 4.78 is 1.45. The van der Waals surface area contributed by atoms with Gasteiger partial charge < -0.3 is 0 Å². The van der Waals surface area contributed by atoms with Crippen molar-refractivity contribution in [3.63, 3.8) is 0 Å². The summed E-state index contributed by atoms with van der Waals surface area (Å²) in [6.07, 6.45) is 4.54. The first kappa shape index (κ1) is 10.6. The Balaban J connectivity index is 1.90. The number of nitrogens with zero attached hydrogens (tertiary/aromatic N) is 2. The lowest BCUT2D eigenvalue weighted by Crippen LogP contribution is -2.21. The molecule has 0 spiro atoms. The monoisotopic (exact) mass is 213 g/mol. The Labute approximate surface area is 94.4 Å². The fraction of sp³-hybridized carbons (Fsp3) is 0.231. The second kappa shape index (κ2) is 5.26. The Morgan fingerprint density at radius 1 is 1.19 bits per heavy atom. The topological polar surface area (TPSA) is 34.9 Å². The maximum Gasteiger partial charge on any atom is 0.266 e. The summed E-state index contributed by atoms with van der Waals surface area (Å²) in [6.45, 7) is 0.644. The van der Waals surface area contributed by atoms with E-state index in [0.29, 0.717) is 6.54 Å². The van der Waals surface area contributed by atoms with E-state index in [1.54, 1.807) is 0 Å². The first-order chi connectivity index (χ1) is 7.86. The molecule has 0 saturated carbocycles.